The number of piperidine rings is 1. The molecule has 1 aromatic rings. The van der Waals surface area contributed by atoms with E-state index in [1.165, 1.54) is 12.0 Å². The van der Waals surface area contributed by atoms with Gasteiger partial charge in [-0.15, -0.1) is 0 Å². The molecule has 0 aliphatic carbocycles. The second kappa shape index (κ2) is 4.33. The molecule has 76 valence electrons. The summed E-state index contributed by atoms with van der Waals surface area (Å²) in [5, 5.41) is 4.27. The molecule has 1 nitrogen and oxygen atoms in total. The van der Waals surface area contributed by atoms with Gasteiger partial charge < -0.3 is 5.32 Å². The zero-order valence-corrected chi connectivity index (χ0v) is 9.22. The smallest absolute Gasteiger partial charge is 0.0408 e. The van der Waals surface area contributed by atoms with Gasteiger partial charge in [0.1, 0.15) is 0 Å². The van der Waals surface area contributed by atoms with Crippen LogP contribution in [-0.2, 0) is 0 Å². The molecule has 0 bridgehead atoms. The van der Waals surface area contributed by atoms with Crippen LogP contribution in [0.1, 0.15) is 24.8 Å². The summed E-state index contributed by atoms with van der Waals surface area (Å²) in [5.41, 5.74) is 1.39. The van der Waals surface area contributed by atoms with E-state index in [0.717, 1.165) is 18.1 Å². The number of benzene rings is 1. The molecule has 0 aromatic heterocycles. The van der Waals surface area contributed by atoms with Crippen LogP contribution in [-0.4, -0.2) is 13.1 Å². The summed E-state index contributed by atoms with van der Waals surface area (Å²) >= 11 is 6.00. The zero-order valence-electron chi connectivity index (χ0n) is 8.46. The van der Waals surface area contributed by atoms with Crippen LogP contribution in [0.2, 0.25) is 5.02 Å². The molecule has 2 rings (SSSR count). The van der Waals surface area contributed by atoms with Crippen LogP contribution < -0.4 is 5.32 Å². The molecule has 1 N–H and O–H groups in total. The van der Waals surface area contributed by atoms with E-state index in [-0.39, 0.29) is 0 Å². The average molecular weight is 210 g/mol. The minimum absolute atomic E-state index is 0.676. The normalized spacial score (nSPS) is 27.6. The Morgan fingerprint density at radius 1 is 1.43 bits per heavy atom. The van der Waals surface area contributed by atoms with E-state index in [4.69, 9.17) is 11.6 Å². The summed E-state index contributed by atoms with van der Waals surface area (Å²) in [7, 11) is 0. The second-order valence-electron chi connectivity index (χ2n) is 4.13. The number of nitrogens with one attached hydrogen (secondary N) is 1. The first kappa shape index (κ1) is 10.0. The third-order valence-electron chi connectivity index (χ3n) is 3.06. The molecule has 0 amide bonds. The van der Waals surface area contributed by atoms with Gasteiger partial charge in [0, 0.05) is 5.02 Å². The molecule has 0 radical (unpaired) electrons. The van der Waals surface area contributed by atoms with Crippen molar-refractivity contribution in [2.45, 2.75) is 19.3 Å². The van der Waals surface area contributed by atoms with Crippen LogP contribution in [0.5, 0.6) is 0 Å². The van der Waals surface area contributed by atoms with Gasteiger partial charge in [0.15, 0.2) is 0 Å². The molecule has 2 atom stereocenters. The van der Waals surface area contributed by atoms with E-state index in [9.17, 15) is 0 Å². The lowest BCUT2D eigenvalue weighted by molar-refractivity contribution is 0.349. The van der Waals surface area contributed by atoms with Gasteiger partial charge in [-0.2, -0.15) is 0 Å². The van der Waals surface area contributed by atoms with Crippen molar-refractivity contribution in [1.29, 1.82) is 0 Å². The SMILES string of the molecule is CC1CNCCC1c1cccc(Cl)c1. The molecule has 1 aliphatic heterocycles. The maximum absolute atomic E-state index is 6.00. The highest BCUT2D eigenvalue weighted by Crippen LogP contribution is 2.30. The highest BCUT2D eigenvalue weighted by molar-refractivity contribution is 6.30. The van der Waals surface area contributed by atoms with Crippen molar-refractivity contribution in [1.82, 2.24) is 5.32 Å². The maximum Gasteiger partial charge on any atom is 0.0408 e. The standard InChI is InChI=1S/C12H16ClN/c1-9-8-14-6-5-12(9)10-3-2-4-11(13)7-10/h2-4,7,9,12,14H,5-6,8H2,1H3. The number of hydrogen-bond donors (Lipinski definition) is 1. The van der Waals surface area contributed by atoms with E-state index in [1.54, 1.807) is 0 Å². The number of halogens is 1. The predicted octanol–water partition coefficient (Wildman–Crippen LogP) is 3.05. The molecule has 1 heterocycles. The Morgan fingerprint density at radius 3 is 3.00 bits per heavy atom. The molecule has 0 spiro atoms. The summed E-state index contributed by atoms with van der Waals surface area (Å²) in [4.78, 5) is 0. The Balaban J connectivity index is 2.20. The molecular weight excluding hydrogens is 194 g/mol. The maximum atomic E-state index is 6.00. The molecule has 1 fully saturated rings. The summed E-state index contributed by atoms with van der Waals surface area (Å²) in [6, 6.07) is 8.29. The van der Waals surface area contributed by atoms with Crippen molar-refractivity contribution < 1.29 is 0 Å². The zero-order chi connectivity index (χ0) is 9.97. The van der Waals surface area contributed by atoms with Crippen LogP contribution in [0.3, 0.4) is 0 Å². The summed E-state index contributed by atoms with van der Waals surface area (Å²) in [6.07, 6.45) is 1.22. The average Bonchev–Trinajstić information content (AvgIpc) is 2.18. The van der Waals surface area contributed by atoms with Gasteiger partial charge in [0.2, 0.25) is 0 Å². The van der Waals surface area contributed by atoms with Gasteiger partial charge in [0.05, 0.1) is 0 Å². The van der Waals surface area contributed by atoms with E-state index >= 15 is 0 Å². The number of hydrogen-bond acceptors (Lipinski definition) is 1. The molecule has 0 saturated carbocycles. The van der Waals surface area contributed by atoms with E-state index in [0.29, 0.717) is 11.8 Å². The summed E-state index contributed by atoms with van der Waals surface area (Å²) in [5.74, 6) is 1.39. The number of rotatable bonds is 1. The first-order chi connectivity index (χ1) is 6.77. The molecule has 1 saturated heterocycles. The Bertz CT molecular complexity index is 311. The first-order valence-corrected chi connectivity index (χ1v) is 5.61. The van der Waals surface area contributed by atoms with Gasteiger partial charge in [0.25, 0.3) is 0 Å². The van der Waals surface area contributed by atoms with Gasteiger partial charge in [-0.1, -0.05) is 30.7 Å². The lowest BCUT2D eigenvalue weighted by atomic mass is 9.82. The molecular formula is C12H16ClN. The van der Waals surface area contributed by atoms with Crippen LogP contribution in [0, 0.1) is 5.92 Å². The monoisotopic (exact) mass is 209 g/mol. The van der Waals surface area contributed by atoms with Crippen molar-refractivity contribution in [2.24, 2.45) is 5.92 Å². The van der Waals surface area contributed by atoms with Crippen molar-refractivity contribution >= 4 is 11.6 Å². The van der Waals surface area contributed by atoms with Crippen molar-refractivity contribution in [2.75, 3.05) is 13.1 Å². The van der Waals surface area contributed by atoms with E-state index < -0.39 is 0 Å². The highest BCUT2D eigenvalue weighted by Gasteiger charge is 2.22. The Hall–Kier alpha value is -0.530. The molecule has 2 unspecified atom stereocenters. The van der Waals surface area contributed by atoms with Gasteiger partial charge in [-0.3, -0.25) is 0 Å². The topological polar surface area (TPSA) is 12.0 Å². The van der Waals surface area contributed by atoms with Crippen LogP contribution in [0.4, 0.5) is 0 Å². The summed E-state index contributed by atoms with van der Waals surface area (Å²) < 4.78 is 0. The third kappa shape index (κ3) is 2.10. The molecule has 14 heavy (non-hydrogen) atoms. The largest absolute Gasteiger partial charge is 0.316 e. The van der Waals surface area contributed by atoms with Crippen LogP contribution >= 0.6 is 11.6 Å². The van der Waals surface area contributed by atoms with Crippen molar-refractivity contribution in [3.05, 3.63) is 34.9 Å². The fourth-order valence-electron chi connectivity index (χ4n) is 2.25. The van der Waals surface area contributed by atoms with Crippen molar-refractivity contribution in [3.63, 3.8) is 0 Å². The minimum Gasteiger partial charge on any atom is -0.316 e. The highest BCUT2D eigenvalue weighted by atomic mass is 35.5. The second-order valence-corrected chi connectivity index (χ2v) is 4.57. The Labute approximate surface area is 90.5 Å². The van der Waals surface area contributed by atoms with Crippen molar-refractivity contribution in [3.8, 4) is 0 Å². The van der Waals surface area contributed by atoms with Gasteiger partial charge in [-0.25, -0.2) is 0 Å². The van der Waals surface area contributed by atoms with Crippen LogP contribution in [0.15, 0.2) is 24.3 Å². The first-order valence-electron chi connectivity index (χ1n) is 5.23. The molecule has 1 aliphatic rings. The Morgan fingerprint density at radius 2 is 2.29 bits per heavy atom. The van der Waals surface area contributed by atoms with E-state index in [2.05, 4.69) is 24.4 Å². The Kier molecular flexibility index (Phi) is 3.09. The molecule has 1 aromatic carbocycles. The summed E-state index contributed by atoms with van der Waals surface area (Å²) in [6.45, 7) is 4.55. The fourth-order valence-corrected chi connectivity index (χ4v) is 2.45. The third-order valence-corrected chi connectivity index (χ3v) is 3.30. The molecule has 2 heteroatoms. The van der Waals surface area contributed by atoms with E-state index in [1.807, 2.05) is 12.1 Å². The van der Waals surface area contributed by atoms with Crippen LogP contribution in [0.25, 0.3) is 0 Å². The van der Waals surface area contributed by atoms with Gasteiger partial charge >= 0.3 is 0 Å². The predicted molar refractivity (Wildman–Crippen MR) is 60.8 cm³/mol. The fraction of sp³-hybridized carbons (Fsp3) is 0.500. The quantitative estimate of drug-likeness (QED) is 0.750. The lowest BCUT2D eigenvalue weighted by Gasteiger charge is -2.29. The lowest BCUT2D eigenvalue weighted by Crippen LogP contribution is -2.33. The minimum atomic E-state index is 0.676. The van der Waals surface area contributed by atoms with Gasteiger partial charge in [-0.05, 0) is 49.0 Å².